The molecule has 1 fully saturated rings. The van der Waals surface area contributed by atoms with Gasteiger partial charge >= 0.3 is 0 Å². The lowest BCUT2D eigenvalue weighted by molar-refractivity contribution is 0.0928. The Kier molecular flexibility index (Phi) is 3.75. The van der Waals surface area contributed by atoms with Gasteiger partial charge in [-0.2, -0.15) is 4.68 Å². The first-order chi connectivity index (χ1) is 9.79. The van der Waals surface area contributed by atoms with Gasteiger partial charge in [0.25, 0.3) is 5.91 Å². The third-order valence-corrected chi connectivity index (χ3v) is 4.30. The van der Waals surface area contributed by atoms with Crippen LogP contribution in [0.25, 0.3) is 5.69 Å². The molecular weight excluding hydrogens is 278 g/mol. The van der Waals surface area contributed by atoms with Crippen molar-refractivity contribution in [3.05, 3.63) is 22.7 Å². The fourth-order valence-electron chi connectivity index (χ4n) is 2.22. The predicted octanol–water partition coefficient (Wildman–Crippen LogP) is 0.615. The molecule has 0 radical (unpaired) electrons. The molecule has 106 valence electrons. The summed E-state index contributed by atoms with van der Waals surface area (Å²) in [4.78, 5) is 13.0. The largest absolute Gasteiger partial charge is 0.396 e. The van der Waals surface area contributed by atoms with Crippen LogP contribution < -0.4 is 5.32 Å². The number of carbonyl (C=O) groups excluding carboxylic acids is 1. The SMILES string of the molecule is O=C(NC(CCO)C1CC1)c1sccc1-n1cnnn1. The van der Waals surface area contributed by atoms with Crippen molar-refractivity contribution in [2.24, 2.45) is 5.92 Å². The fraction of sp³-hybridized carbons (Fsp3) is 0.500. The van der Waals surface area contributed by atoms with Crippen molar-refractivity contribution < 1.29 is 9.90 Å². The quantitative estimate of drug-likeness (QED) is 0.814. The number of hydrogen-bond donors (Lipinski definition) is 2. The highest BCUT2D eigenvalue weighted by Crippen LogP contribution is 2.34. The van der Waals surface area contributed by atoms with Crippen LogP contribution in [0.3, 0.4) is 0 Å². The number of thiophene rings is 1. The van der Waals surface area contributed by atoms with Crippen LogP contribution in [-0.4, -0.2) is 43.9 Å². The number of aromatic nitrogens is 4. The zero-order chi connectivity index (χ0) is 13.9. The summed E-state index contributed by atoms with van der Waals surface area (Å²) in [5.74, 6) is 0.374. The van der Waals surface area contributed by atoms with E-state index in [-0.39, 0.29) is 18.6 Å². The lowest BCUT2D eigenvalue weighted by Crippen LogP contribution is -2.37. The number of carbonyl (C=O) groups is 1. The minimum absolute atomic E-state index is 0.0521. The van der Waals surface area contributed by atoms with Gasteiger partial charge in [-0.25, -0.2) is 0 Å². The average Bonchev–Trinajstić information content (AvgIpc) is 2.94. The molecule has 0 spiro atoms. The molecular formula is C12H15N5O2S. The molecule has 1 atom stereocenters. The Morgan fingerprint density at radius 1 is 1.60 bits per heavy atom. The third kappa shape index (κ3) is 2.70. The molecule has 2 aromatic heterocycles. The molecule has 2 N–H and O–H groups in total. The van der Waals surface area contributed by atoms with Gasteiger partial charge < -0.3 is 10.4 Å². The van der Waals surface area contributed by atoms with Gasteiger partial charge in [0.05, 0.1) is 5.69 Å². The monoisotopic (exact) mass is 293 g/mol. The summed E-state index contributed by atoms with van der Waals surface area (Å²) in [6.07, 6.45) is 4.30. The van der Waals surface area contributed by atoms with Gasteiger partial charge in [-0.1, -0.05) is 0 Å². The van der Waals surface area contributed by atoms with Crippen molar-refractivity contribution in [2.45, 2.75) is 25.3 Å². The highest BCUT2D eigenvalue weighted by atomic mass is 32.1. The number of tetrazole rings is 1. The molecule has 2 heterocycles. The number of aliphatic hydroxyl groups excluding tert-OH is 1. The summed E-state index contributed by atoms with van der Waals surface area (Å²) in [7, 11) is 0. The maximum absolute atomic E-state index is 12.4. The molecule has 20 heavy (non-hydrogen) atoms. The van der Waals surface area contributed by atoms with Crippen LogP contribution in [0.15, 0.2) is 17.8 Å². The van der Waals surface area contributed by atoms with Crippen molar-refractivity contribution in [1.82, 2.24) is 25.5 Å². The van der Waals surface area contributed by atoms with Gasteiger partial charge in [0.1, 0.15) is 11.2 Å². The smallest absolute Gasteiger partial charge is 0.263 e. The van der Waals surface area contributed by atoms with Crippen LogP contribution in [-0.2, 0) is 0 Å². The Hall–Kier alpha value is -1.80. The first kappa shape index (κ1) is 13.2. The predicted molar refractivity (Wildman–Crippen MR) is 72.7 cm³/mol. The maximum Gasteiger partial charge on any atom is 0.263 e. The number of amides is 1. The Morgan fingerprint density at radius 3 is 3.10 bits per heavy atom. The van der Waals surface area contributed by atoms with E-state index in [1.54, 1.807) is 0 Å². The van der Waals surface area contributed by atoms with E-state index in [4.69, 9.17) is 5.11 Å². The molecule has 1 amide bonds. The number of nitrogens with one attached hydrogen (secondary N) is 1. The number of nitrogens with zero attached hydrogens (tertiary/aromatic N) is 4. The molecule has 0 aliphatic heterocycles. The zero-order valence-corrected chi connectivity index (χ0v) is 11.6. The van der Waals surface area contributed by atoms with Crippen LogP contribution in [0.4, 0.5) is 0 Å². The van der Waals surface area contributed by atoms with E-state index in [9.17, 15) is 4.79 Å². The normalized spacial score (nSPS) is 16.1. The molecule has 7 nitrogen and oxygen atoms in total. The van der Waals surface area contributed by atoms with Crippen molar-refractivity contribution >= 4 is 17.2 Å². The summed E-state index contributed by atoms with van der Waals surface area (Å²) < 4.78 is 1.48. The summed E-state index contributed by atoms with van der Waals surface area (Å²) in [5, 5.41) is 24.9. The molecule has 2 aromatic rings. The molecule has 0 saturated heterocycles. The lowest BCUT2D eigenvalue weighted by atomic mass is 10.1. The van der Waals surface area contributed by atoms with Gasteiger partial charge in [0, 0.05) is 12.6 Å². The summed E-state index contributed by atoms with van der Waals surface area (Å²) >= 11 is 1.36. The van der Waals surface area contributed by atoms with Gasteiger partial charge in [-0.15, -0.1) is 16.4 Å². The van der Waals surface area contributed by atoms with E-state index in [2.05, 4.69) is 20.8 Å². The van der Waals surface area contributed by atoms with Crippen molar-refractivity contribution in [3.8, 4) is 5.69 Å². The van der Waals surface area contributed by atoms with E-state index < -0.39 is 0 Å². The average molecular weight is 293 g/mol. The molecule has 0 aromatic carbocycles. The molecule has 0 bridgehead atoms. The minimum Gasteiger partial charge on any atom is -0.396 e. The number of rotatable bonds is 6. The van der Waals surface area contributed by atoms with E-state index in [1.165, 1.54) is 22.3 Å². The molecule has 1 saturated carbocycles. The summed E-state index contributed by atoms with van der Waals surface area (Å²) in [6.45, 7) is 0.0890. The Balaban J connectivity index is 1.75. The molecule has 8 heteroatoms. The lowest BCUT2D eigenvalue weighted by Gasteiger charge is -2.16. The van der Waals surface area contributed by atoms with Gasteiger partial charge in [-0.05, 0) is 47.1 Å². The Bertz CT molecular complexity index is 578. The van der Waals surface area contributed by atoms with E-state index in [0.717, 1.165) is 12.8 Å². The highest BCUT2D eigenvalue weighted by Gasteiger charge is 2.32. The Labute approximate surface area is 119 Å². The summed E-state index contributed by atoms with van der Waals surface area (Å²) in [6, 6.07) is 1.87. The number of hydrogen-bond acceptors (Lipinski definition) is 6. The standard InChI is InChI=1S/C12H15N5O2S/c18-5-3-9(8-1-2-8)14-12(19)11-10(4-6-20-11)17-7-13-15-16-17/h4,6-9,18H,1-3,5H2,(H,14,19). The van der Waals surface area contributed by atoms with Crippen LogP contribution in [0, 0.1) is 5.92 Å². The first-order valence-corrected chi connectivity index (χ1v) is 7.40. The molecule has 1 aliphatic carbocycles. The molecule has 3 rings (SSSR count). The fourth-order valence-corrected chi connectivity index (χ4v) is 3.00. The van der Waals surface area contributed by atoms with Crippen LogP contribution in [0.5, 0.6) is 0 Å². The van der Waals surface area contributed by atoms with E-state index in [1.807, 2.05) is 11.4 Å². The van der Waals surface area contributed by atoms with Gasteiger partial charge in [-0.3, -0.25) is 4.79 Å². The third-order valence-electron chi connectivity index (χ3n) is 3.39. The molecule has 1 aliphatic rings. The van der Waals surface area contributed by atoms with Crippen LogP contribution in [0.2, 0.25) is 0 Å². The second kappa shape index (κ2) is 5.68. The van der Waals surface area contributed by atoms with Crippen LogP contribution in [0.1, 0.15) is 28.9 Å². The highest BCUT2D eigenvalue weighted by molar-refractivity contribution is 7.12. The van der Waals surface area contributed by atoms with E-state index in [0.29, 0.717) is 22.9 Å². The van der Waals surface area contributed by atoms with E-state index >= 15 is 0 Å². The Morgan fingerprint density at radius 2 is 2.45 bits per heavy atom. The van der Waals surface area contributed by atoms with Crippen LogP contribution >= 0.6 is 11.3 Å². The maximum atomic E-state index is 12.4. The number of aliphatic hydroxyl groups is 1. The summed E-state index contributed by atoms with van der Waals surface area (Å²) in [5.41, 5.74) is 0.677. The molecule has 1 unspecified atom stereocenters. The zero-order valence-electron chi connectivity index (χ0n) is 10.8. The first-order valence-electron chi connectivity index (χ1n) is 6.52. The van der Waals surface area contributed by atoms with Gasteiger partial charge in [0.2, 0.25) is 0 Å². The topological polar surface area (TPSA) is 92.9 Å². The second-order valence-electron chi connectivity index (χ2n) is 4.82. The van der Waals surface area contributed by atoms with Crippen molar-refractivity contribution in [2.75, 3.05) is 6.61 Å². The van der Waals surface area contributed by atoms with Gasteiger partial charge in [0.15, 0.2) is 0 Å². The minimum atomic E-state index is -0.129. The van der Waals surface area contributed by atoms with Crippen molar-refractivity contribution in [1.29, 1.82) is 0 Å². The second-order valence-corrected chi connectivity index (χ2v) is 5.74. The van der Waals surface area contributed by atoms with Crippen molar-refractivity contribution in [3.63, 3.8) is 0 Å².